The van der Waals surface area contributed by atoms with Crippen molar-refractivity contribution in [1.29, 1.82) is 0 Å². The van der Waals surface area contributed by atoms with Crippen LogP contribution in [0, 0.1) is 0 Å². The summed E-state index contributed by atoms with van der Waals surface area (Å²) in [5, 5.41) is 0. The molecule has 0 aromatic heterocycles. The summed E-state index contributed by atoms with van der Waals surface area (Å²) in [6.07, 6.45) is -1.25. The van der Waals surface area contributed by atoms with Gasteiger partial charge in [-0.2, -0.15) is 10.2 Å². The summed E-state index contributed by atoms with van der Waals surface area (Å²) >= 11 is 0. The number of nitrogens with one attached hydrogen (secondary N) is 1. The molecule has 0 saturated carbocycles. The fourth-order valence-corrected chi connectivity index (χ4v) is 3.16. The highest BCUT2D eigenvalue weighted by Crippen LogP contribution is 2.35. The van der Waals surface area contributed by atoms with Crippen molar-refractivity contribution in [3.63, 3.8) is 0 Å². The fraction of sp³-hybridized carbons (Fsp3) is 0.619. The highest BCUT2D eigenvalue weighted by Gasteiger charge is 2.25. The lowest BCUT2D eigenvalue weighted by atomic mass is 9.94. The summed E-state index contributed by atoms with van der Waals surface area (Å²) in [6.45, 7) is 14.7. The minimum atomic E-state index is -2.75. The van der Waals surface area contributed by atoms with E-state index in [4.69, 9.17) is 14.2 Å². The van der Waals surface area contributed by atoms with E-state index in [-0.39, 0.29) is 17.9 Å². The molecular weight excluding hydrogens is 407 g/mol. The molecule has 8 nitrogen and oxygen atoms in total. The Hall–Kier alpha value is -2.02. The second kappa shape index (κ2) is 12.0. The topological polar surface area (TPSA) is 109 Å². The van der Waals surface area contributed by atoms with Crippen LogP contribution >= 0.6 is 7.94 Å². The average Bonchev–Trinajstić information content (AvgIpc) is 2.64. The fourth-order valence-electron chi connectivity index (χ4n) is 2.56. The number of nitrogens with zero attached hydrogens (tertiary/aromatic N) is 1. The molecule has 1 N–H and O–H groups in total. The molecule has 0 saturated heterocycles. The van der Waals surface area contributed by atoms with E-state index in [9.17, 15) is 14.5 Å². The number of hydrogen-bond donors (Lipinski definition) is 1. The number of hydrogen-bond acceptors (Lipinski definition) is 7. The third kappa shape index (κ3) is 8.01. The number of esters is 1. The van der Waals surface area contributed by atoms with Crippen molar-refractivity contribution >= 4 is 19.6 Å². The Balaban J connectivity index is 2.80. The molecule has 0 spiro atoms. The molecule has 30 heavy (non-hydrogen) atoms. The highest BCUT2D eigenvalue weighted by atomic mass is 31.1. The molecule has 9 heteroatoms. The van der Waals surface area contributed by atoms with Crippen LogP contribution in [0.3, 0.4) is 0 Å². The number of carbonyl (C=O) groups is 2. The van der Waals surface area contributed by atoms with Gasteiger partial charge in [-0.3, -0.25) is 4.79 Å². The normalized spacial score (nSPS) is 14.1. The molecule has 1 unspecified atom stereocenters. The molecular formula is C21H33N2O6P. The van der Waals surface area contributed by atoms with Gasteiger partial charge in [-0.1, -0.05) is 45.9 Å². The van der Waals surface area contributed by atoms with E-state index >= 15 is 0 Å². The van der Waals surface area contributed by atoms with Gasteiger partial charge in [0.15, 0.2) is 0 Å². The summed E-state index contributed by atoms with van der Waals surface area (Å²) in [5.41, 5.74) is 3.32. The smallest absolute Gasteiger partial charge is 0.535 e. The van der Waals surface area contributed by atoms with Crippen molar-refractivity contribution in [2.45, 2.75) is 85.7 Å². The van der Waals surface area contributed by atoms with Gasteiger partial charge in [-0.25, -0.2) is 0 Å². The molecule has 1 rings (SSSR count). The summed E-state index contributed by atoms with van der Waals surface area (Å²) in [5.74, 6) is 0.529. The lowest BCUT2D eigenvalue weighted by Crippen LogP contribution is -2.33. The molecule has 1 aromatic carbocycles. The number of carbonyl (C=O) groups excluding carboxylic acids is 2. The zero-order chi connectivity index (χ0) is 23.0. The molecule has 0 aliphatic carbocycles. The molecule has 0 aliphatic rings. The minimum Gasteiger partial charge on any atom is -0.601 e. The highest BCUT2D eigenvalue weighted by molar-refractivity contribution is 7.58. The summed E-state index contributed by atoms with van der Waals surface area (Å²) in [7, 11) is -2.75. The second-order valence-electron chi connectivity index (χ2n) is 7.85. The summed E-state index contributed by atoms with van der Waals surface area (Å²) in [6, 6.07) is 5.07. The predicted octanol–water partition coefficient (Wildman–Crippen LogP) is 4.58. The minimum absolute atomic E-state index is 0.213. The van der Waals surface area contributed by atoms with Crippen LogP contribution in [0.2, 0.25) is 0 Å². The molecule has 0 heterocycles. The maximum Gasteiger partial charge on any atom is 0.535 e. The van der Waals surface area contributed by atoms with Crippen LogP contribution in [0.4, 0.5) is 4.79 Å². The largest absolute Gasteiger partial charge is 0.601 e. The first kappa shape index (κ1) is 26.0. The molecule has 0 radical (unpaired) electrons. The third-order valence-corrected chi connectivity index (χ3v) is 4.79. The van der Waals surface area contributed by atoms with E-state index in [1.165, 1.54) is 6.92 Å². The van der Waals surface area contributed by atoms with Crippen molar-refractivity contribution in [1.82, 2.24) is 5.43 Å². The van der Waals surface area contributed by atoms with Gasteiger partial charge in [0.25, 0.3) is 0 Å². The summed E-state index contributed by atoms with van der Waals surface area (Å²) < 4.78 is 16.1. The number of benzene rings is 1. The summed E-state index contributed by atoms with van der Waals surface area (Å²) in [4.78, 5) is 39.4. The Labute approximate surface area is 179 Å². The Morgan fingerprint density at radius 2 is 1.50 bits per heavy atom. The van der Waals surface area contributed by atoms with Crippen LogP contribution in [0.1, 0.15) is 78.4 Å². The van der Waals surface area contributed by atoms with Gasteiger partial charge in [0, 0.05) is 6.92 Å². The lowest BCUT2D eigenvalue weighted by molar-refractivity contribution is -0.156. The SMILES string of the molecule is CC(C)OC(=O)[C@H](C)N/N=[P+](\[O-])C(=O)O[C@H](C)Oc1c(C(C)C)cccc1C(C)C. The Bertz CT molecular complexity index is 738. The first-order valence-corrected chi connectivity index (χ1v) is 11.3. The van der Waals surface area contributed by atoms with Gasteiger partial charge in [0.2, 0.25) is 6.29 Å². The lowest BCUT2D eigenvalue weighted by Gasteiger charge is -2.22. The Morgan fingerprint density at radius 1 is 0.967 bits per heavy atom. The van der Waals surface area contributed by atoms with Crippen LogP contribution in [-0.2, 0) is 14.3 Å². The Kier molecular flexibility index (Phi) is 10.4. The van der Waals surface area contributed by atoms with Crippen LogP contribution in [0.5, 0.6) is 5.75 Å². The van der Waals surface area contributed by atoms with Crippen molar-refractivity contribution < 1.29 is 28.7 Å². The Morgan fingerprint density at radius 3 is 1.97 bits per heavy atom. The first-order valence-electron chi connectivity index (χ1n) is 10.1. The van der Waals surface area contributed by atoms with Crippen LogP contribution in [0.15, 0.2) is 23.1 Å². The van der Waals surface area contributed by atoms with E-state index in [2.05, 4.69) is 38.0 Å². The quantitative estimate of drug-likeness (QED) is 0.245. The van der Waals surface area contributed by atoms with Crippen molar-refractivity contribution in [3.05, 3.63) is 29.3 Å². The molecule has 1 aromatic rings. The first-order chi connectivity index (χ1) is 13.9. The second-order valence-corrected chi connectivity index (χ2v) is 8.96. The van der Waals surface area contributed by atoms with E-state index in [0.29, 0.717) is 5.75 Å². The van der Waals surface area contributed by atoms with E-state index < -0.39 is 32.0 Å². The van der Waals surface area contributed by atoms with E-state index in [1.54, 1.807) is 20.8 Å². The standard InChI is InChI=1S/C21H33N2O6P/c1-12(2)17-10-9-11-18(13(3)4)19(17)28-16(8)29-21(25)30(26)23-22-15(7)20(24)27-14(5)6/h9-16,22H,1-8H3/t15-,16+/m0/s1. The monoisotopic (exact) mass is 440 g/mol. The molecule has 0 amide bonds. The number of rotatable bonds is 10. The molecule has 3 atom stereocenters. The molecule has 0 bridgehead atoms. The molecule has 0 fully saturated rings. The van der Waals surface area contributed by atoms with Gasteiger partial charge >= 0.3 is 19.6 Å². The predicted molar refractivity (Wildman–Crippen MR) is 114 cm³/mol. The van der Waals surface area contributed by atoms with Crippen LogP contribution in [-0.4, -0.2) is 30.1 Å². The van der Waals surface area contributed by atoms with E-state index in [1.807, 2.05) is 18.2 Å². The molecule has 168 valence electrons. The van der Waals surface area contributed by atoms with Crippen molar-refractivity contribution in [2.24, 2.45) is 4.85 Å². The van der Waals surface area contributed by atoms with Gasteiger partial charge in [0.05, 0.1) is 6.10 Å². The maximum atomic E-state index is 12.1. The van der Waals surface area contributed by atoms with Gasteiger partial charge in [0.1, 0.15) is 11.8 Å². The average molecular weight is 440 g/mol. The zero-order valence-corrected chi connectivity index (χ0v) is 19.9. The third-order valence-electron chi connectivity index (χ3n) is 4.07. The van der Waals surface area contributed by atoms with Crippen molar-refractivity contribution in [2.75, 3.05) is 0 Å². The number of para-hydroxylation sites is 1. The van der Waals surface area contributed by atoms with Crippen molar-refractivity contribution in [3.8, 4) is 5.75 Å². The molecule has 0 aliphatic heterocycles. The van der Waals surface area contributed by atoms with Crippen LogP contribution < -0.4 is 15.1 Å². The van der Waals surface area contributed by atoms with E-state index in [0.717, 1.165) is 11.1 Å². The van der Waals surface area contributed by atoms with Gasteiger partial charge in [-0.05, 0) is 48.6 Å². The van der Waals surface area contributed by atoms with Gasteiger partial charge < -0.3 is 19.1 Å². The number of ether oxygens (including phenoxy) is 3. The zero-order valence-electron chi connectivity index (χ0n) is 19.0. The van der Waals surface area contributed by atoms with Gasteiger partial charge in [-0.15, -0.1) is 0 Å². The maximum absolute atomic E-state index is 12.1. The van der Waals surface area contributed by atoms with Crippen LogP contribution in [0.25, 0.3) is 0 Å².